The van der Waals surface area contributed by atoms with E-state index in [4.69, 9.17) is 30.1 Å². The van der Waals surface area contributed by atoms with Crippen LogP contribution in [-0.4, -0.2) is 150 Å². The zero-order chi connectivity index (χ0) is 38.0. The van der Waals surface area contributed by atoms with Crippen LogP contribution in [0.1, 0.15) is 38.3 Å². The van der Waals surface area contributed by atoms with Gasteiger partial charge in [-0.25, -0.2) is 9.59 Å². The van der Waals surface area contributed by atoms with E-state index in [1.807, 2.05) is 65.6 Å². The van der Waals surface area contributed by atoms with Gasteiger partial charge in [0.05, 0.1) is 13.0 Å². The molecule has 288 valence electrons. The molecule has 3 aliphatic rings. The number of hydrogen-bond donors (Lipinski definition) is 2. The third-order valence-corrected chi connectivity index (χ3v) is 9.50. The van der Waals surface area contributed by atoms with Crippen molar-refractivity contribution in [3.63, 3.8) is 0 Å². The summed E-state index contributed by atoms with van der Waals surface area (Å²) in [7, 11) is 0. The number of piperazine rings is 2. The first kappa shape index (κ1) is 39.5. The number of amides is 2. The Morgan fingerprint density at radius 3 is 2.06 bits per heavy atom. The van der Waals surface area contributed by atoms with Crippen molar-refractivity contribution < 1.29 is 38.1 Å². The fourth-order valence-electron chi connectivity index (χ4n) is 6.65. The number of amidine groups is 1. The zero-order valence-corrected chi connectivity index (χ0v) is 31.0. The maximum absolute atomic E-state index is 13.4. The number of nitrogens with zero attached hydrogens (tertiary/aromatic N) is 5. The summed E-state index contributed by atoms with van der Waals surface area (Å²) in [6, 6.07) is 17.4. The number of nitrogens with one attached hydrogen (secondary N) is 1. The quantitative estimate of drug-likeness (QED) is 0.126. The summed E-state index contributed by atoms with van der Waals surface area (Å²) in [6.45, 7) is 11.1. The molecule has 0 radical (unpaired) electrons. The fraction of sp³-hybridized carbons (Fsp3) is 0.553. The molecule has 0 aliphatic carbocycles. The topological polar surface area (TPSA) is 171 Å². The van der Waals surface area contributed by atoms with E-state index >= 15 is 0 Å². The van der Waals surface area contributed by atoms with Crippen molar-refractivity contribution in [3.05, 3.63) is 71.8 Å². The molecule has 0 saturated carbocycles. The summed E-state index contributed by atoms with van der Waals surface area (Å²) in [5, 5.41) is 8.06. The molecule has 3 saturated heterocycles. The Balaban J connectivity index is 1.08. The summed E-state index contributed by atoms with van der Waals surface area (Å²) in [4.78, 5) is 61.3. The summed E-state index contributed by atoms with van der Waals surface area (Å²) < 4.78 is 22.4. The average molecular weight is 736 g/mol. The third kappa shape index (κ3) is 11.9. The van der Waals surface area contributed by atoms with Crippen molar-refractivity contribution in [1.82, 2.24) is 24.5 Å². The highest BCUT2D eigenvalue weighted by molar-refractivity contribution is 5.87. The minimum absolute atomic E-state index is 0.109. The van der Waals surface area contributed by atoms with Gasteiger partial charge in [-0.1, -0.05) is 60.7 Å². The molecule has 2 aromatic carbocycles. The number of cyclic esters (lactones) is 1. The molecule has 0 bridgehead atoms. The molecule has 0 aromatic heterocycles. The molecule has 15 heteroatoms. The molecule has 3 fully saturated rings. The van der Waals surface area contributed by atoms with Crippen LogP contribution < -0.4 is 5.73 Å². The van der Waals surface area contributed by atoms with Gasteiger partial charge in [-0.3, -0.25) is 34.6 Å². The minimum atomic E-state index is -0.794. The van der Waals surface area contributed by atoms with Gasteiger partial charge in [0, 0.05) is 65.4 Å². The Bertz CT molecular complexity index is 1550. The average Bonchev–Trinajstić information content (AvgIpc) is 3.49. The Labute approximate surface area is 311 Å². The van der Waals surface area contributed by atoms with Gasteiger partial charge < -0.3 is 29.6 Å². The number of hydrogen-bond acceptors (Lipinski definition) is 12. The second kappa shape index (κ2) is 18.3. The van der Waals surface area contributed by atoms with Crippen molar-refractivity contribution in [1.29, 1.82) is 5.41 Å². The highest BCUT2D eigenvalue weighted by Crippen LogP contribution is 2.19. The summed E-state index contributed by atoms with van der Waals surface area (Å²) >= 11 is 0. The highest BCUT2D eigenvalue weighted by Gasteiger charge is 2.38. The van der Waals surface area contributed by atoms with E-state index in [0.29, 0.717) is 72.0 Å². The Hall–Kier alpha value is -4.73. The molecule has 2 amide bonds. The number of rotatable bonds is 14. The van der Waals surface area contributed by atoms with Crippen LogP contribution in [0, 0.1) is 5.41 Å². The van der Waals surface area contributed by atoms with Crippen molar-refractivity contribution in [2.45, 2.75) is 64.2 Å². The number of carbonyl (C=O) groups excluding carboxylic acids is 4. The maximum Gasteiger partial charge on any atom is 0.411 e. The number of esters is 2. The molecule has 0 spiro atoms. The van der Waals surface area contributed by atoms with Crippen LogP contribution in [-0.2, 0) is 41.8 Å². The Morgan fingerprint density at radius 1 is 0.849 bits per heavy atom. The van der Waals surface area contributed by atoms with E-state index in [-0.39, 0.29) is 37.7 Å². The molecular weight excluding hydrogens is 682 g/mol. The molecular formula is C38H53N7O8. The minimum Gasteiger partial charge on any atom is -0.461 e. The van der Waals surface area contributed by atoms with E-state index < -0.39 is 35.7 Å². The lowest BCUT2D eigenvalue weighted by Gasteiger charge is -2.41. The van der Waals surface area contributed by atoms with Gasteiger partial charge in [-0.15, -0.1) is 0 Å². The van der Waals surface area contributed by atoms with Gasteiger partial charge in [-0.2, -0.15) is 0 Å². The first-order valence-corrected chi connectivity index (χ1v) is 18.2. The van der Waals surface area contributed by atoms with Crippen LogP contribution in [0.3, 0.4) is 0 Å². The van der Waals surface area contributed by atoms with E-state index in [1.165, 1.54) is 4.90 Å². The number of ether oxygens (including phenoxy) is 4. The fourth-order valence-corrected chi connectivity index (χ4v) is 6.65. The largest absolute Gasteiger partial charge is 0.461 e. The monoisotopic (exact) mass is 735 g/mol. The molecule has 3 atom stereocenters. The SMILES string of the molecule is CC(C)(C)OC(=O)N1CCN(CCN2CC(CN3CCN(C(CC(=O)OCc4ccccc4)C(=O)OCc4ccccc4)CC3)OC2=O)CC1C(=N)N. The van der Waals surface area contributed by atoms with E-state index in [9.17, 15) is 19.2 Å². The van der Waals surface area contributed by atoms with Crippen LogP contribution in [0.15, 0.2) is 60.7 Å². The Morgan fingerprint density at radius 2 is 1.45 bits per heavy atom. The maximum atomic E-state index is 13.4. The summed E-state index contributed by atoms with van der Waals surface area (Å²) in [5.74, 6) is -1.06. The van der Waals surface area contributed by atoms with Crippen LogP contribution in [0.5, 0.6) is 0 Å². The lowest BCUT2D eigenvalue weighted by atomic mass is 10.1. The summed E-state index contributed by atoms with van der Waals surface area (Å²) in [6.07, 6.45) is -1.31. The van der Waals surface area contributed by atoms with E-state index in [2.05, 4.69) is 9.80 Å². The highest BCUT2D eigenvalue weighted by atomic mass is 16.6. The van der Waals surface area contributed by atoms with Crippen molar-refractivity contribution in [2.75, 3.05) is 72.0 Å². The van der Waals surface area contributed by atoms with E-state index in [1.54, 1.807) is 25.7 Å². The van der Waals surface area contributed by atoms with Crippen LogP contribution in [0.25, 0.3) is 0 Å². The van der Waals surface area contributed by atoms with Gasteiger partial charge in [-0.05, 0) is 31.9 Å². The molecule has 3 N–H and O–H groups in total. The lowest BCUT2D eigenvalue weighted by molar-refractivity contribution is -0.159. The standard InChI is InChI=1S/C38H53N7O8/c1-38(2,3)53-37(49)45-21-17-42(25-32(45)34(39)40)16-20-44-24-30(52-36(44)48)23-41-14-18-43(19-15-41)31(35(47)51-27-29-12-8-5-9-13-29)22-33(46)50-26-28-10-6-4-7-11-28/h4-13,30-32H,14-27H2,1-3H3,(H3,39,40). The third-order valence-electron chi connectivity index (χ3n) is 9.50. The smallest absolute Gasteiger partial charge is 0.411 e. The predicted octanol–water partition coefficient (Wildman–Crippen LogP) is 2.53. The van der Waals surface area contributed by atoms with Gasteiger partial charge in [0.1, 0.15) is 42.8 Å². The Kier molecular flexibility index (Phi) is 13.7. The van der Waals surface area contributed by atoms with Crippen LogP contribution in [0.4, 0.5) is 9.59 Å². The summed E-state index contributed by atoms with van der Waals surface area (Å²) in [5.41, 5.74) is 6.93. The first-order chi connectivity index (χ1) is 25.3. The first-order valence-electron chi connectivity index (χ1n) is 18.2. The van der Waals surface area contributed by atoms with Gasteiger partial charge in [0.2, 0.25) is 0 Å². The van der Waals surface area contributed by atoms with E-state index in [0.717, 1.165) is 11.1 Å². The lowest BCUT2D eigenvalue weighted by Crippen LogP contribution is -2.61. The van der Waals surface area contributed by atoms with Crippen molar-refractivity contribution in [3.8, 4) is 0 Å². The number of benzene rings is 2. The van der Waals surface area contributed by atoms with Gasteiger partial charge in [0.25, 0.3) is 0 Å². The second-order valence-corrected chi connectivity index (χ2v) is 14.7. The van der Waals surface area contributed by atoms with Crippen molar-refractivity contribution >= 4 is 30.0 Å². The number of carbonyl (C=O) groups is 4. The zero-order valence-electron chi connectivity index (χ0n) is 31.0. The molecule has 3 aliphatic heterocycles. The van der Waals surface area contributed by atoms with Gasteiger partial charge in [0.15, 0.2) is 0 Å². The molecule has 15 nitrogen and oxygen atoms in total. The van der Waals surface area contributed by atoms with Crippen LogP contribution in [0.2, 0.25) is 0 Å². The molecule has 3 unspecified atom stereocenters. The van der Waals surface area contributed by atoms with Gasteiger partial charge >= 0.3 is 24.1 Å². The van der Waals surface area contributed by atoms with Crippen molar-refractivity contribution in [2.24, 2.45) is 5.73 Å². The second-order valence-electron chi connectivity index (χ2n) is 14.7. The molecule has 2 aromatic rings. The molecule has 3 heterocycles. The molecule has 5 rings (SSSR count). The normalized spacial score (nSPS) is 20.8. The molecule has 53 heavy (non-hydrogen) atoms. The number of nitrogens with two attached hydrogens (primary N) is 1. The predicted molar refractivity (Wildman–Crippen MR) is 196 cm³/mol. The van der Waals surface area contributed by atoms with Crippen LogP contribution >= 0.6 is 0 Å².